The van der Waals surface area contributed by atoms with Crippen molar-refractivity contribution in [1.29, 1.82) is 0 Å². The monoisotopic (exact) mass is 372 g/mol. The van der Waals surface area contributed by atoms with Crippen LogP contribution in [0.25, 0.3) is 6.08 Å². The predicted molar refractivity (Wildman–Crippen MR) is 105 cm³/mol. The number of rotatable bonds is 12. The molecule has 0 unspecified atom stereocenters. The van der Waals surface area contributed by atoms with Gasteiger partial charge in [0.2, 0.25) is 0 Å². The fourth-order valence-corrected chi connectivity index (χ4v) is 2.74. The maximum absolute atomic E-state index is 12.8. The summed E-state index contributed by atoms with van der Waals surface area (Å²) in [5, 5.41) is 0. The van der Waals surface area contributed by atoms with Crippen molar-refractivity contribution in [3.05, 3.63) is 54.1 Å². The Morgan fingerprint density at radius 2 is 1.63 bits per heavy atom. The molecule has 0 heterocycles. The normalized spacial score (nSPS) is 11.2. The molecule has 0 amide bonds. The molecule has 0 spiro atoms. The number of aldehydes is 1. The third-order valence-corrected chi connectivity index (χ3v) is 4.20. The molecule has 0 bridgehead atoms. The minimum absolute atomic E-state index is 0.143. The van der Waals surface area contributed by atoms with Gasteiger partial charge in [-0.1, -0.05) is 55.5 Å². The highest BCUT2D eigenvalue weighted by molar-refractivity contribution is 6.04. The van der Waals surface area contributed by atoms with E-state index in [-0.39, 0.29) is 19.6 Å². The summed E-state index contributed by atoms with van der Waals surface area (Å²) in [4.78, 5) is 36.2. The highest BCUT2D eigenvalue weighted by Gasteiger charge is 2.50. The summed E-state index contributed by atoms with van der Waals surface area (Å²) in [5.41, 5.74) is -0.379. The first-order chi connectivity index (χ1) is 13.0. The van der Waals surface area contributed by atoms with Gasteiger partial charge in [0.1, 0.15) is 6.29 Å². The number of allylic oxidation sites excluding steroid dienone is 1. The zero-order valence-corrected chi connectivity index (χ0v) is 16.1. The molecule has 0 saturated carbocycles. The van der Waals surface area contributed by atoms with E-state index < -0.39 is 17.4 Å². The Hall–Kier alpha value is -2.69. The fraction of sp³-hybridized carbons (Fsp3) is 0.409. The van der Waals surface area contributed by atoms with Crippen LogP contribution in [0.4, 0.5) is 0 Å². The molecule has 5 heteroatoms. The molecule has 0 radical (unpaired) electrons. The van der Waals surface area contributed by atoms with Crippen LogP contribution in [0.1, 0.15) is 45.1 Å². The standard InChI is InChI=1S/C22H28O5/c1-4-26-20(24)22(21(25)27-5-2,16-10-7-11-17-23)18(3)14-15-19-12-8-6-9-13-19/h6,8-9,12-15,17H,3-5,7,10-11,16H2,1-2H3/b15-14+. The van der Waals surface area contributed by atoms with Crippen LogP contribution in [0.15, 0.2) is 48.6 Å². The SMILES string of the molecule is C=C(/C=C/c1ccccc1)C(CCCCC=O)(C(=O)OCC)C(=O)OCC. The van der Waals surface area contributed by atoms with Crippen molar-refractivity contribution in [3.63, 3.8) is 0 Å². The first kappa shape index (κ1) is 22.4. The van der Waals surface area contributed by atoms with Gasteiger partial charge < -0.3 is 14.3 Å². The Morgan fingerprint density at radius 3 is 2.15 bits per heavy atom. The van der Waals surface area contributed by atoms with Crippen LogP contribution < -0.4 is 0 Å². The van der Waals surface area contributed by atoms with E-state index in [0.717, 1.165) is 11.8 Å². The number of hydrogen-bond donors (Lipinski definition) is 0. The molecule has 1 rings (SSSR count). The average Bonchev–Trinajstić information content (AvgIpc) is 2.67. The lowest BCUT2D eigenvalue weighted by Crippen LogP contribution is -2.43. The minimum Gasteiger partial charge on any atom is -0.465 e. The van der Waals surface area contributed by atoms with E-state index in [4.69, 9.17) is 9.47 Å². The van der Waals surface area contributed by atoms with Gasteiger partial charge in [0, 0.05) is 6.42 Å². The summed E-state index contributed by atoms with van der Waals surface area (Å²) in [6, 6.07) is 9.51. The number of unbranched alkanes of at least 4 members (excludes halogenated alkanes) is 2. The van der Waals surface area contributed by atoms with Gasteiger partial charge in [-0.2, -0.15) is 0 Å². The maximum atomic E-state index is 12.8. The molecule has 5 nitrogen and oxygen atoms in total. The number of benzene rings is 1. The molecule has 146 valence electrons. The van der Waals surface area contributed by atoms with Crippen LogP contribution >= 0.6 is 0 Å². The Kier molecular flexibility index (Phi) is 9.80. The quantitative estimate of drug-likeness (QED) is 0.181. The largest absolute Gasteiger partial charge is 0.465 e. The Morgan fingerprint density at radius 1 is 1.04 bits per heavy atom. The predicted octanol–water partition coefficient (Wildman–Crippen LogP) is 4.13. The van der Waals surface area contributed by atoms with Crippen LogP contribution in [0, 0.1) is 5.41 Å². The summed E-state index contributed by atoms with van der Waals surface area (Å²) in [7, 11) is 0. The molecular weight excluding hydrogens is 344 g/mol. The zero-order chi connectivity index (χ0) is 20.1. The highest BCUT2D eigenvalue weighted by Crippen LogP contribution is 2.37. The van der Waals surface area contributed by atoms with E-state index in [0.29, 0.717) is 24.8 Å². The molecule has 0 N–H and O–H groups in total. The molecule has 0 aromatic heterocycles. The van der Waals surface area contributed by atoms with Crippen molar-refractivity contribution < 1.29 is 23.9 Å². The van der Waals surface area contributed by atoms with Gasteiger partial charge in [0.15, 0.2) is 5.41 Å². The molecule has 0 atom stereocenters. The third kappa shape index (κ3) is 6.20. The van der Waals surface area contributed by atoms with Gasteiger partial charge in [-0.3, -0.25) is 9.59 Å². The minimum atomic E-state index is -1.61. The van der Waals surface area contributed by atoms with Gasteiger partial charge in [0.05, 0.1) is 13.2 Å². The van der Waals surface area contributed by atoms with Crippen LogP contribution in [-0.2, 0) is 23.9 Å². The second kappa shape index (κ2) is 11.8. The molecule has 27 heavy (non-hydrogen) atoms. The van der Waals surface area contributed by atoms with Crippen molar-refractivity contribution >= 4 is 24.3 Å². The van der Waals surface area contributed by atoms with E-state index in [9.17, 15) is 14.4 Å². The van der Waals surface area contributed by atoms with Crippen molar-refractivity contribution in [2.45, 2.75) is 39.5 Å². The first-order valence-corrected chi connectivity index (χ1v) is 9.23. The van der Waals surface area contributed by atoms with Gasteiger partial charge in [-0.25, -0.2) is 0 Å². The average molecular weight is 372 g/mol. The third-order valence-electron chi connectivity index (χ3n) is 4.20. The lowest BCUT2D eigenvalue weighted by atomic mass is 9.75. The number of carbonyl (C=O) groups is 3. The molecular formula is C22H28O5. The summed E-state index contributed by atoms with van der Waals surface area (Å²) in [6.45, 7) is 7.64. The summed E-state index contributed by atoms with van der Waals surface area (Å²) >= 11 is 0. The van der Waals surface area contributed by atoms with E-state index in [2.05, 4.69) is 6.58 Å². The number of esters is 2. The van der Waals surface area contributed by atoms with Gasteiger partial charge in [0.25, 0.3) is 0 Å². The van der Waals surface area contributed by atoms with Crippen LogP contribution in [-0.4, -0.2) is 31.4 Å². The van der Waals surface area contributed by atoms with Crippen molar-refractivity contribution in [1.82, 2.24) is 0 Å². The highest BCUT2D eigenvalue weighted by atomic mass is 16.6. The molecule has 0 aliphatic rings. The van der Waals surface area contributed by atoms with Crippen LogP contribution in [0.3, 0.4) is 0 Å². The molecule has 0 aliphatic heterocycles. The maximum Gasteiger partial charge on any atom is 0.328 e. The van der Waals surface area contributed by atoms with E-state index in [1.54, 1.807) is 26.0 Å². The Balaban J connectivity index is 3.22. The van der Waals surface area contributed by atoms with Crippen LogP contribution in [0.5, 0.6) is 0 Å². The lowest BCUT2D eigenvalue weighted by molar-refractivity contribution is -0.169. The Labute approximate surface area is 161 Å². The summed E-state index contributed by atoms with van der Waals surface area (Å²) < 4.78 is 10.4. The lowest BCUT2D eigenvalue weighted by Gasteiger charge is -2.30. The molecule has 1 aromatic rings. The number of hydrogen-bond acceptors (Lipinski definition) is 5. The smallest absolute Gasteiger partial charge is 0.328 e. The fourth-order valence-electron chi connectivity index (χ4n) is 2.74. The van der Waals surface area contributed by atoms with Crippen molar-refractivity contribution in [2.75, 3.05) is 13.2 Å². The molecule has 0 saturated heterocycles. The first-order valence-electron chi connectivity index (χ1n) is 9.23. The van der Waals surface area contributed by atoms with Crippen LogP contribution in [0.2, 0.25) is 0 Å². The van der Waals surface area contributed by atoms with E-state index in [1.807, 2.05) is 30.3 Å². The van der Waals surface area contributed by atoms with E-state index in [1.165, 1.54) is 0 Å². The number of ether oxygens (including phenoxy) is 2. The second-order valence-corrected chi connectivity index (χ2v) is 6.03. The van der Waals surface area contributed by atoms with Crippen molar-refractivity contribution in [3.8, 4) is 0 Å². The summed E-state index contributed by atoms with van der Waals surface area (Å²) in [6.07, 6.45) is 5.88. The van der Waals surface area contributed by atoms with E-state index >= 15 is 0 Å². The second-order valence-electron chi connectivity index (χ2n) is 6.03. The Bertz CT molecular complexity index is 643. The molecule has 1 aromatic carbocycles. The topological polar surface area (TPSA) is 69.7 Å². The van der Waals surface area contributed by atoms with Crippen molar-refractivity contribution in [2.24, 2.45) is 5.41 Å². The zero-order valence-electron chi connectivity index (χ0n) is 16.1. The van der Waals surface area contributed by atoms with Gasteiger partial charge in [-0.05, 0) is 37.8 Å². The van der Waals surface area contributed by atoms with Gasteiger partial charge >= 0.3 is 11.9 Å². The summed E-state index contributed by atoms with van der Waals surface area (Å²) in [5.74, 6) is -1.34. The van der Waals surface area contributed by atoms with Gasteiger partial charge in [-0.15, -0.1) is 0 Å². The molecule has 0 aliphatic carbocycles. The number of carbonyl (C=O) groups excluding carboxylic acids is 3. The molecule has 0 fully saturated rings.